The highest BCUT2D eigenvalue weighted by molar-refractivity contribution is 6.32. The average molecular weight is 515 g/mol. The molecule has 3 aromatic heterocycles. The molecule has 1 fully saturated rings. The maximum atomic E-state index is 11.9. The van der Waals surface area contributed by atoms with Crippen LogP contribution in [0.2, 0.25) is 5.02 Å². The Morgan fingerprint density at radius 3 is 2.59 bits per heavy atom. The number of anilines is 1. The number of methoxy groups -OCH3 is 1. The number of nitrogens with zero attached hydrogens (tertiary/aromatic N) is 6. The number of benzene rings is 2. The van der Waals surface area contributed by atoms with Crippen LogP contribution in [0.3, 0.4) is 0 Å². The van der Waals surface area contributed by atoms with Gasteiger partial charge in [0, 0.05) is 47.7 Å². The van der Waals surface area contributed by atoms with Crippen LogP contribution in [0.15, 0.2) is 54.9 Å². The molecule has 0 unspecified atom stereocenters. The van der Waals surface area contributed by atoms with E-state index in [-0.39, 0.29) is 11.9 Å². The minimum atomic E-state index is -0.125. The van der Waals surface area contributed by atoms with E-state index in [1.165, 1.54) is 7.11 Å². The Labute approximate surface area is 219 Å². The van der Waals surface area contributed by atoms with Gasteiger partial charge in [0.25, 0.3) is 0 Å². The van der Waals surface area contributed by atoms with Crippen molar-refractivity contribution < 1.29 is 9.53 Å². The minimum Gasteiger partial charge on any atom is -0.469 e. The molecule has 0 saturated carbocycles. The average Bonchev–Trinajstić information content (AvgIpc) is 3.51. The van der Waals surface area contributed by atoms with Gasteiger partial charge in [0.1, 0.15) is 11.5 Å². The maximum Gasteiger partial charge on any atom is 0.308 e. The fourth-order valence-corrected chi connectivity index (χ4v) is 5.45. The van der Waals surface area contributed by atoms with E-state index in [0.29, 0.717) is 5.02 Å². The summed E-state index contributed by atoms with van der Waals surface area (Å²) in [5.41, 5.74) is 5.60. The highest BCUT2D eigenvalue weighted by Crippen LogP contribution is 2.37. The van der Waals surface area contributed by atoms with Crippen molar-refractivity contribution in [3.63, 3.8) is 0 Å². The molecule has 9 heteroatoms. The van der Waals surface area contributed by atoms with Gasteiger partial charge in [-0.15, -0.1) is 0 Å². The summed E-state index contributed by atoms with van der Waals surface area (Å²) in [7, 11) is 3.38. The lowest BCUT2D eigenvalue weighted by Crippen LogP contribution is -2.37. The van der Waals surface area contributed by atoms with Crippen LogP contribution in [-0.4, -0.2) is 50.7 Å². The molecule has 5 aromatic rings. The van der Waals surface area contributed by atoms with E-state index in [9.17, 15) is 4.79 Å². The number of carbonyl (C=O) groups excluding carboxylic acids is 1. The lowest BCUT2D eigenvalue weighted by molar-refractivity contribution is -0.146. The summed E-state index contributed by atoms with van der Waals surface area (Å²) in [6, 6.07) is 14.1. The number of piperidine rings is 1. The first kappa shape index (κ1) is 23.5. The van der Waals surface area contributed by atoms with Gasteiger partial charge < -0.3 is 9.64 Å². The molecule has 37 heavy (non-hydrogen) atoms. The van der Waals surface area contributed by atoms with E-state index in [4.69, 9.17) is 26.4 Å². The van der Waals surface area contributed by atoms with E-state index >= 15 is 0 Å². The first-order chi connectivity index (χ1) is 17.9. The van der Waals surface area contributed by atoms with E-state index in [0.717, 1.165) is 76.1 Å². The molecule has 188 valence electrons. The molecule has 0 N–H and O–H groups in total. The fourth-order valence-electron chi connectivity index (χ4n) is 5.30. The van der Waals surface area contributed by atoms with E-state index in [1.807, 2.05) is 72.1 Å². The highest BCUT2D eigenvalue weighted by atomic mass is 35.5. The minimum absolute atomic E-state index is 0.0358. The van der Waals surface area contributed by atoms with Crippen molar-refractivity contribution in [3.8, 4) is 16.9 Å². The second-order valence-electron chi connectivity index (χ2n) is 9.53. The molecule has 1 aliphatic rings. The molecular weight excluding hydrogens is 488 g/mol. The van der Waals surface area contributed by atoms with Crippen LogP contribution in [-0.2, 0) is 16.6 Å². The zero-order valence-electron chi connectivity index (χ0n) is 21.0. The van der Waals surface area contributed by atoms with Crippen LogP contribution >= 0.6 is 11.6 Å². The van der Waals surface area contributed by atoms with Crippen molar-refractivity contribution in [2.75, 3.05) is 25.1 Å². The van der Waals surface area contributed by atoms with Gasteiger partial charge in [-0.25, -0.2) is 9.67 Å². The van der Waals surface area contributed by atoms with E-state index in [2.05, 4.69) is 16.1 Å². The zero-order valence-corrected chi connectivity index (χ0v) is 21.7. The SMILES string of the molecule is COC(=O)C1CCN(c2ccc(-n3nc(-c4cccc5nn(C)cc45)c4ccc(Cl)c(C)c43)cn2)CC1. The molecule has 1 aliphatic heterocycles. The molecule has 0 amide bonds. The van der Waals surface area contributed by atoms with Crippen molar-refractivity contribution in [1.29, 1.82) is 0 Å². The number of aromatic nitrogens is 5. The molecule has 1 saturated heterocycles. The Balaban J connectivity index is 1.40. The Kier molecular flexibility index (Phi) is 5.83. The van der Waals surface area contributed by atoms with Crippen LogP contribution in [0.5, 0.6) is 0 Å². The van der Waals surface area contributed by atoms with Crippen molar-refractivity contribution in [1.82, 2.24) is 24.5 Å². The number of halogens is 1. The van der Waals surface area contributed by atoms with Gasteiger partial charge in [0.15, 0.2) is 0 Å². The summed E-state index contributed by atoms with van der Waals surface area (Å²) >= 11 is 6.56. The Morgan fingerprint density at radius 1 is 1.05 bits per heavy atom. The Morgan fingerprint density at radius 2 is 1.86 bits per heavy atom. The van der Waals surface area contributed by atoms with Crippen LogP contribution in [0.1, 0.15) is 18.4 Å². The van der Waals surface area contributed by atoms with Gasteiger partial charge in [-0.05, 0) is 55.7 Å². The van der Waals surface area contributed by atoms with Gasteiger partial charge in [0.2, 0.25) is 0 Å². The lowest BCUT2D eigenvalue weighted by atomic mass is 9.97. The lowest BCUT2D eigenvalue weighted by Gasteiger charge is -2.31. The summed E-state index contributed by atoms with van der Waals surface area (Å²) in [5.74, 6) is 0.727. The predicted octanol–water partition coefficient (Wildman–Crippen LogP) is 5.33. The van der Waals surface area contributed by atoms with Crippen molar-refractivity contribution >= 4 is 45.2 Å². The van der Waals surface area contributed by atoms with Crippen LogP contribution in [0, 0.1) is 12.8 Å². The van der Waals surface area contributed by atoms with Crippen LogP contribution in [0.4, 0.5) is 5.82 Å². The van der Waals surface area contributed by atoms with E-state index < -0.39 is 0 Å². The summed E-state index contributed by atoms with van der Waals surface area (Å²) in [5, 5.41) is 12.4. The molecule has 0 bridgehead atoms. The van der Waals surface area contributed by atoms with Crippen LogP contribution in [0.25, 0.3) is 38.8 Å². The largest absolute Gasteiger partial charge is 0.469 e. The molecular formula is C28H27ClN6O2. The van der Waals surface area contributed by atoms with Crippen molar-refractivity contribution in [2.24, 2.45) is 13.0 Å². The predicted molar refractivity (Wildman–Crippen MR) is 145 cm³/mol. The zero-order chi connectivity index (χ0) is 25.7. The number of esters is 1. The number of aryl methyl sites for hydroxylation is 2. The van der Waals surface area contributed by atoms with Crippen molar-refractivity contribution in [3.05, 3.63) is 65.4 Å². The summed E-state index contributed by atoms with van der Waals surface area (Å²) in [4.78, 5) is 18.8. The van der Waals surface area contributed by atoms with Gasteiger partial charge in [0.05, 0.1) is 35.9 Å². The van der Waals surface area contributed by atoms with E-state index in [1.54, 1.807) is 0 Å². The normalized spacial score (nSPS) is 14.5. The third-order valence-electron chi connectivity index (χ3n) is 7.28. The standard InChI is InChI=1S/C28H27ClN6O2/c1-17-23(29)9-8-21-26(20-5-4-6-24-22(20)16-33(2)31-24)32-35(27(17)21)19-7-10-25(30-15-19)34-13-11-18(12-14-34)28(36)37-3/h4-10,15-16,18H,11-14H2,1-3H3. The summed E-state index contributed by atoms with van der Waals surface area (Å²) < 4.78 is 8.67. The third kappa shape index (κ3) is 4.01. The molecule has 4 heterocycles. The number of rotatable bonds is 4. The molecule has 2 aromatic carbocycles. The smallest absolute Gasteiger partial charge is 0.308 e. The maximum absolute atomic E-state index is 11.9. The highest BCUT2D eigenvalue weighted by Gasteiger charge is 2.26. The number of fused-ring (bicyclic) bond motifs is 2. The summed E-state index contributed by atoms with van der Waals surface area (Å²) in [6.45, 7) is 3.56. The van der Waals surface area contributed by atoms with Gasteiger partial charge in [-0.2, -0.15) is 10.2 Å². The van der Waals surface area contributed by atoms with Gasteiger partial charge in [-0.1, -0.05) is 23.7 Å². The molecule has 6 rings (SSSR count). The Bertz CT molecular complexity index is 1630. The van der Waals surface area contributed by atoms with Crippen LogP contribution < -0.4 is 4.90 Å². The first-order valence-electron chi connectivity index (χ1n) is 12.3. The molecule has 0 atom stereocenters. The first-order valence-corrected chi connectivity index (χ1v) is 12.7. The molecule has 0 radical (unpaired) electrons. The molecule has 0 aliphatic carbocycles. The number of hydrogen-bond donors (Lipinski definition) is 0. The summed E-state index contributed by atoms with van der Waals surface area (Å²) in [6.07, 6.45) is 5.41. The Hall–Kier alpha value is -3.91. The number of hydrogen-bond acceptors (Lipinski definition) is 6. The number of carbonyl (C=O) groups is 1. The van der Waals surface area contributed by atoms with Gasteiger partial charge >= 0.3 is 5.97 Å². The second kappa shape index (κ2) is 9.19. The third-order valence-corrected chi connectivity index (χ3v) is 7.69. The second-order valence-corrected chi connectivity index (χ2v) is 9.94. The quantitative estimate of drug-likeness (QED) is 0.302. The fraction of sp³-hybridized carbons (Fsp3) is 0.286. The van der Waals surface area contributed by atoms with Gasteiger partial charge in [-0.3, -0.25) is 9.48 Å². The topological polar surface area (TPSA) is 78.1 Å². The van der Waals surface area contributed by atoms with Crippen molar-refractivity contribution in [2.45, 2.75) is 19.8 Å². The number of pyridine rings is 1. The monoisotopic (exact) mass is 514 g/mol. The molecule has 8 nitrogen and oxygen atoms in total. The number of ether oxygens (including phenoxy) is 1. The molecule has 0 spiro atoms.